The molecule has 1 aromatic heterocycles. The molecule has 0 aromatic carbocycles. The first-order chi connectivity index (χ1) is 9.90. The fourth-order valence-electron chi connectivity index (χ4n) is 1.95. The Labute approximate surface area is 130 Å². The van der Waals surface area contributed by atoms with E-state index in [0.717, 1.165) is 17.7 Å². The number of thiophene rings is 1. The van der Waals surface area contributed by atoms with Gasteiger partial charge in [0.1, 0.15) is 5.00 Å². The predicted octanol–water partition coefficient (Wildman–Crippen LogP) is 4.42. The minimum atomic E-state index is -0.376. The maximum Gasteiger partial charge on any atom is 0.341 e. The summed E-state index contributed by atoms with van der Waals surface area (Å²) in [5.74, 6) is -0.171. The van der Waals surface area contributed by atoms with Gasteiger partial charge in [-0.3, -0.25) is 4.79 Å². The van der Waals surface area contributed by atoms with E-state index in [0.29, 0.717) is 23.1 Å². The van der Waals surface area contributed by atoms with Gasteiger partial charge in [0.15, 0.2) is 0 Å². The smallest absolute Gasteiger partial charge is 0.341 e. The van der Waals surface area contributed by atoms with Crippen molar-refractivity contribution in [1.82, 2.24) is 0 Å². The Bertz CT molecular complexity index is 494. The van der Waals surface area contributed by atoms with Gasteiger partial charge in [0.25, 0.3) is 0 Å². The molecule has 0 aliphatic rings. The predicted molar refractivity (Wildman–Crippen MR) is 87.1 cm³/mol. The van der Waals surface area contributed by atoms with Crippen LogP contribution in [0.3, 0.4) is 0 Å². The molecule has 1 amide bonds. The summed E-state index contributed by atoms with van der Waals surface area (Å²) in [6, 6.07) is 1.83. The zero-order chi connectivity index (χ0) is 16.0. The lowest BCUT2D eigenvalue weighted by atomic mass is 10.1. The van der Waals surface area contributed by atoms with E-state index < -0.39 is 0 Å². The van der Waals surface area contributed by atoms with Crippen LogP contribution in [0.15, 0.2) is 6.07 Å². The molecule has 1 atom stereocenters. The maximum atomic E-state index is 12.2. The van der Waals surface area contributed by atoms with Gasteiger partial charge in [0, 0.05) is 10.8 Å². The number of rotatable bonds is 7. The van der Waals surface area contributed by atoms with Gasteiger partial charge in [-0.2, -0.15) is 0 Å². The van der Waals surface area contributed by atoms with Crippen molar-refractivity contribution in [2.75, 3.05) is 11.9 Å². The fraction of sp³-hybridized carbons (Fsp3) is 0.625. The molecular formula is C16H25NO3S. The Morgan fingerprint density at radius 3 is 2.48 bits per heavy atom. The van der Waals surface area contributed by atoms with Crippen molar-refractivity contribution in [2.24, 2.45) is 5.92 Å². The van der Waals surface area contributed by atoms with Crippen molar-refractivity contribution in [3.8, 4) is 0 Å². The summed E-state index contributed by atoms with van der Waals surface area (Å²) in [6.07, 6.45) is 1.80. The third-order valence-corrected chi connectivity index (χ3v) is 4.57. The average Bonchev–Trinajstić information content (AvgIpc) is 2.83. The lowest BCUT2D eigenvalue weighted by Gasteiger charge is -2.11. The van der Waals surface area contributed by atoms with E-state index in [1.807, 2.05) is 13.0 Å². The molecule has 0 spiro atoms. The molecule has 0 bridgehead atoms. The van der Waals surface area contributed by atoms with Gasteiger partial charge in [-0.05, 0) is 25.3 Å². The zero-order valence-corrected chi connectivity index (χ0v) is 14.3. The number of anilines is 1. The SMILES string of the molecule is CCC[C@@H](C)C(=O)Nc1sc(C(C)C)cc1C(=O)OCC. The van der Waals surface area contributed by atoms with Gasteiger partial charge in [-0.15, -0.1) is 11.3 Å². The molecule has 1 aromatic rings. The lowest BCUT2D eigenvalue weighted by molar-refractivity contribution is -0.119. The highest BCUT2D eigenvalue weighted by Gasteiger charge is 2.21. The van der Waals surface area contributed by atoms with E-state index in [9.17, 15) is 9.59 Å². The maximum absolute atomic E-state index is 12.2. The van der Waals surface area contributed by atoms with E-state index in [2.05, 4.69) is 26.1 Å². The van der Waals surface area contributed by atoms with Crippen LogP contribution in [-0.2, 0) is 9.53 Å². The summed E-state index contributed by atoms with van der Waals surface area (Å²) in [6.45, 7) is 10.2. The third kappa shape index (κ3) is 4.84. The summed E-state index contributed by atoms with van der Waals surface area (Å²) in [5, 5.41) is 3.49. The highest BCUT2D eigenvalue weighted by Crippen LogP contribution is 2.33. The van der Waals surface area contributed by atoms with E-state index in [1.54, 1.807) is 6.92 Å². The van der Waals surface area contributed by atoms with Crippen LogP contribution in [0.5, 0.6) is 0 Å². The molecule has 0 saturated heterocycles. The second kappa shape index (κ2) is 8.17. The van der Waals surface area contributed by atoms with Gasteiger partial charge >= 0.3 is 5.97 Å². The summed E-state index contributed by atoms with van der Waals surface area (Å²) in [5.41, 5.74) is 0.461. The molecule has 0 fully saturated rings. The van der Waals surface area contributed by atoms with Gasteiger partial charge in [-0.25, -0.2) is 4.79 Å². The number of hydrogen-bond donors (Lipinski definition) is 1. The minimum Gasteiger partial charge on any atom is -0.462 e. The molecule has 118 valence electrons. The van der Waals surface area contributed by atoms with Gasteiger partial charge in [-0.1, -0.05) is 34.1 Å². The highest BCUT2D eigenvalue weighted by atomic mass is 32.1. The van der Waals surface area contributed by atoms with Crippen LogP contribution in [-0.4, -0.2) is 18.5 Å². The van der Waals surface area contributed by atoms with Crippen molar-refractivity contribution in [2.45, 2.75) is 53.4 Å². The van der Waals surface area contributed by atoms with Crippen LogP contribution in [0.2, 0.25) is 0 Å². The first kappa shape index (κ1) is 17.7. The van der Waals surface area contributed by atoms with Crippen molar-refractivity contribution in [3.63, 3.8) is 0 Å². The van der Waals surface area contributed by atoms with Crippen molar-refractivity contribution in [1.29, 1.82) is 0 Å². The molecule has 0 aliphatic carbocycles. The Kier molecular flexibility index (Phi) is 6.89. The van der Waals surface area contributed by atoms with E-state index in [1.165, 1.54) is 11.3 Å². The number of carbonyl (C=O) groups is 2. The molecule has 0 unspecified atom stereocenters. The second-order valence-corrected chi connectivity index (χ2v) is 6.53. The first-order valence-electron chi connectivity index (χ1n) is 7.52. The Morgan fingerprint density at radius 2 is 1.95 bits per heavy atom. The monoisotopic (exact) mass is 311 g/mol. The van der Waals surface area contributed by atoms with Crippen LogP contribution < -0.4 is 5.32 Å². The highest BCUT2D eigenvalue weighted by molar-refractivity contribution is 7.16. The molecule has 5 heteroatoms. The topological polar surface area (TPSA) is 55.4 Å². The van der Waals surface area contributed by atoms with Crippen LogP contribution in [0.1, 0.15) is 68.6 Å². The first-order valence-corrected chi connectivity index (χ1v) is 8.34. The Balaban J connectivity index is 2.98. The molecule has 21 heavy (non-hydrogen) atoms. The largest absolute Gasteiger partial charge is 0.462 e. The number of ether oxygens (including phenoxy) is 1. The quantitative estimate of drug-likeness (QED) is 0.758. The normalized spacial score (nSPS) is 12.3. The molecule has 1 rings (SSSR count). The number of esters is 1. The standard InChI is InChI=1S/C16H25NO3S/c1-6-8-11(5)14(18)17-15-12(16(19)20-7-2)9-13(21-15)10(3)4/h9-11H,6-8H2,1-5H3,(H,17,18)/t11-/m1/s1. The number of amides is 1. The van der Waals surface area contributed by atoms with Crippen LogP contribution in [0.25, 0.3) is 0 Å². The number of hydrogen-bond acceptors (Lipinski definition) is 4. The van der Waals surface area contributed by atoms with Crippen molar-refractivity contribution < 1.29 is 14.3 Å². The molecule has 1 heterocycles. The minimum absolute atomic E-state index is 0.0421. The molecule has 0 radical (unpaired) electrons. The zero-order valence-electron chi connectivity index (χ0n) is 13.5. The lowest BCUT2D eigenvalue weighted by Crippen LogP contribution is -2.21. The molecule has 0 saturated carbocycles. The summed E-state index contributed by atoms with van der Waals surface area (Å²) < 4.78 is 5.07. The fourth-order valence-corrected chi connectivity index (χ4v) is 3.00. The summed E-state index contributed by atoms with van der Waals surface area (Å²) >= 11 is 1.45. The van der Waals surface area contributed by atoms with Crippen molar-refractivity contribution in [3.05, 3.63) is 16.5 Å². The van der Waals surface area contributed by atoms with Gasteiger partial charge in [0.05, 0.1) is 12.2 Å². The molecule has 4 nitrogen and oxygen atoms in total. The molecule has 0 aliphatic heterocycles. The number of carbonyl (C=O) groups excluding carboxylic acids is 2. The average molecular weight is 311 g/mol. The Morgan fingerprint density at radius 1 is 1.29 bits per heavy atom. The summed E-state index contributed by atoms with van der Waals surface area (Å²) in [7, 11) is 0. The van der Waals surface area contributed by atoms with Gasteiger partial charge in [0.2, 0.25) is 5.91 Å². The molecule has 1 N–H and O–H groups in total. The third-order valence-electron chi connectivity index (χ3n) is 3.22. The van der Waals surface area contributed by atoms with E-state index in [4.69, 9.17) is 4.74 Å². The van der Waals surface area contributed by atoms with Crippen molar-refractivity contribution >= 4 is 28.2 Å². The van der Waals surface area contributed by atoms with Crippen LogP contribution >= 0.6 is 11.3 Å². The second-order valence-electron chi connectivity index (χ2n) is 5.45. The van der Waals surface area contributed by atoms with Gasteiger partial charge < -0.3 is 10.1 Å². The summed E-state index contributed by atoms with van der Waals surface area (Å²) in [4.78, 5) is 25.2. The van der Waals surface area contributed by atoms with E-state index >= 15 is 0 Å². The number of nitrogens with one attached hydrogen (secondary N) is 1. The Hall–Kier alpha value is -1.36. The van der Waals surface area contributed by atoms with Crippen LogP contribution in [0.4, 0.5) is 5.00 Å². The van der Waals surface area contributed by atoms with E-state index in [-0.39, 0.29) is 17.8 Å². The molecular weight excluding hydrogens is 286 g/mol. The van der Waals surface area contributed by atoms with Crippen LogP contribution in [0, 0.1) is 5.92 Å².